The van der Waals surface area contributed by atoms with Crippen molar-refractivity contribution < 1.29 is 0 Å². The zero-order chi connectivity index (χ0) is 19.5. The molecular weight excluding hydrogens is 338 g/mol. The van der Waals surface area contributed by atoms with Gasteiger partial charge < -0.3 is 0 Å². The second-order valence-corrected chi connectivity index (χ2v) is 8.07. The minimum absolute atomic E-state index is 0.397. The van der Waals surface area contributed by atoms with E-state index in [1.807, 2.05) is 6.20 Å². The number of aryl methyl sites for hydroxylation is 1. The van der Waals surface area contributed by atoms with Crippen molar-refractivity contribution in [3.05, 3.63) is 107 Å². The molecule has 1 aromatic carbocycles. The van der Waals surface area contributed by atoms with Crippen molar-refractivity contribution in [1.82, 2.24) is 4.98 Å². The Kier molecular flexibility index (Phi) is 5.43. The largest absolute Gasteiger partial charge is 0.261 e. The molecule has 1 heterocycles. The van der Waals surface area contributed by atoms with Crippen LogP contribution >= 0.6 is 0 Å². The van der Waals surface area contributed by atoms with Gasteiger partial charge >= 0.3 is 0 Å². The van der Waals surface area contributed by atoms with Crippen LogP contribution in [0.3, 0.4) is 0 Å². The molecule has 4 rings (SSSR count). The maximum absolute atomic E-state index is 4.54. The molecule has 0 radical (unpaired) electrons. The number of pyridine rings is 1. The maximum atomic E-state index is 4.54. The summed E-state index contributed by atoms with van der Waals surface area (Å²) in [5.74, 6) is 0.823. The third-order valence-electron chi connectivity index (χ3n) is 6.20. The molecule has 0 saturated carbocycles. The average Bonchev–Trinajstić information content (AvgIpc) is 2.71. The molecule has 0 amide bonds. The lowest BCUT2D eigenvalue weighted by molar-refractivity contribution is 0.642. The summed E-state index contributed by atoms with van der Waals surface area (Å²) in [4.78, 5) is 4.54. The minimum atomic E-state index is 0.397. The number of aromatic nitrogens is 1. The van der Waals surface area contributed by atoms with Gasteiger partial charge in [0.2, 0.25) is 0 Å². The molecule has 1 heteroatoms. The molecule has 2 aliphatic carbocycles. The molecule has 1 nitrogen and oxygen atoms in total. The van der Waals surface area contributed by atoms with Gasteiger partial charge in [-0.2, -0.15) is 0 Å². The topological polar surface area (TPSA) is 12.9 Å². The average molecular weight is 368 g/mol. The SMILES string of the molecule is CC1=C(c2cccnc2C)C(C)C(c2ccccc2CC2=CC=CCC2)C=C1. The van der Waals surface area contributed by atoms with Crippen LogP contribution in [0, 0.1) is 12.8 Å². The molecule has 1 aromatic heterocycles. The number of allylic oxidation sites excluding steroid dienone is 8. The molecule has 0 spiro atoms. The second kappa shape index (κ2) is 8.14. The van der Waals surface area contributed by atoms with Crippen molar-refractivity contribution >= 4 is 5.57 Å². The van der Waals surface area contributed by atoms with E-state index in [1.165, 1.54) is 46.3 Å². The molecule has 2 aromatic rings. The number of benzene rings is 1. The van der Waals surface area contributed by atoms with E-state index in [9.17, 15) is 0 Å². The van der Waals surface area contributed by atoms with Crippen molar-refractivity contribution in [3.63, 3.8) is 0 Å². The Morgan fingerprint density at radius 3 is 2.71 bits per heavy atom. The molecule has 2 aliphatic rings. The predicted molar refractivity (Wildman–Crippen MR) is 119 cm³/mol. The van der Waals surface area contributed by atoms with E-state index in [2.05, 4.69) is 92.5 Å². The smallest absolute Gasteiger partial charge is 0.0447 e. The van der Waals surface area contributed by atoms with Gasteiger partial charge in [-0.15, -0.1) is 0 Å². The van der Waals surface area contributed by atoms with Gasteiger partial charge in [0.15, 0.2) is 0 Å². The summed E-state index contributed by atoms with van der Waals surface area (Å²) in [5.41, 5.74) is 9.67. The molecule has 0 saturated heterocycles. The van der Waals surface area contributed by atoms with Crippen molar-refractivity contribution in [2.75, 3.05) is 0 Å². The van der Waals surface area contributed by atoms with E-state index in [0.717, 1.165) is 12.1 Å². The zero-order valence-electron chi connectivity index (χ0n) is 17.2. The Balaban J connectivity index is 1.70. The first kappa shape index (κ1) is 18.7. The lowest BCUT2D eigenvalue weighted by Gasteiger charge is -2.31. The monoisotopic (exact) mass is 367 g/mol. The first-order valence-electron chi connectivity index (χ1n) is 10.4. The van der Waals surface area contributed by atoms with Crippen LogP contribution in [0.1, 0.15) is 55.0 Å². The lowest BCUT2D eigenvalue weighted by atomic mass is 9.73. The quantitative estimate of drug-likeness (QED) is 0.568. The van der Waals surface area contributed by atoms with Gasteiger partial charge in [0.25, 0.3) is 0 Å². The van der Waals surface area contributed by atoms with Crippen molar-refractivity contribution in [1.29, 1.82) is 0 Å². The van der Waals surface area contributed by atoms with Crippen LogP contribution in [0.5, 0.6) is 0 Å². The lowest BCUT2D eigenvalue weighted by Crippen LogP contribution is -2.17. The molecule has 2 atom stereocenters. The number of hydrogen-bond acceptors (Lipinski definition) is 1. The van der Waals surface area contributed by atoms with Gasteiger partial charge in [0, 0.05) is 17.8 Å². The fraction of sp³-hybridized carbons (Fsp3) is 0.296. The van der Waals surface area contributed by atoms with Crippen molar-refractivity contribution in [2.24, 2.45) is 5.92 Å². The summed E-state index contributed by atoms with van der Waals surface area (Å²) in [5, 5.41) is 0. The second-order valence-electron chi connectivity index (χ2n) is 8.07. The molecule has 2 unspecified atom stereocenters. The molecule has 0 fully saturated rings. The number of nitrogens with zero attached hydrogens (tertiary/aromatic N) is 1. The van der Waals surface area contributed by atoms with E-state index in [4.69, 9.17) is 0 Å². The predicted octanol–water partition coefficient (Wildman–Crippen LogP) is 6.97. The Labute approximate surface area is 169 Å². The minimum Gasteiger partial charge on any atom is -0.261 e. The summed E-state index contributed by atoms with van der Waals surface area (Å²) in [7, 11) is 0. The fourth-order valence-electron chi connectivity index (χ4n) is 4.71. The molecular formula is C27H29N. The van der Waals surface area contributed by atoms with E-state index in [1.54, 1.807) is 0 Å². The Morgan fingerprint density at radius 1 is 1.07 bits per heavy atom. The van der Waals surface area contributed by atoms with Crippen LogP contribution in [0.2, 0.25) is 0 Å². The highest BCUT2D eigenvalue weighted by molar-refractivity contribution is 5.76. The molecule has 0 aliphatic heterocycles. The third-order valence-corrected chi connectivity index (χ3v) is 6.20. The summed E-state index contributed by atoms with van der Waals surface area (Å²) < 4.78 is 0. The standard InChI is InChI=1S/C27H29N/c1-19-15-16-24(20(2)27(19)25-14-9-17-28-21(25)3)26-13-8-7-12-23(26)18-22-10-5-4-6-11-22/h4-5,7-10,12-17,20,24H,6,11,18H2,1-3H3. The van der Waals surface area contributed by atoms with Crippen LogP contribution in [0.4, 0.5) is 0 Å². The highest BCUT2D eigenvalue weighted by Crippen LogP contribution is 2.43. The molecule has 28 heavy (non-hydrogen) atoms. The normalized spacial score (nSPS) is 21.8. The van der Waals surface area contributed by atoms with Crippen LogP contribution in [0.25, 0.3) is 5.57 Å². The molecule has 142 valence electrons. The number of rotatable bonds is 4. The summed E-state index contributed by atoms with van der Waals surface area (Å²) >= 11 is 0. The molecule has 0 bridgehead atoms. The summed E-state index contributed by atoms with van der Waals surface area (Å²) in [6, 6.07) is 13.3. The van der Waals surface area contributed by atoms with Crippen molar-refractivity contribution in [2.45, 2.75) is 46.0 Å². The molecule has 0 N–H and O–H groups in total. The Hall–Kier alpha value is -2.67. The van der Waals surface area contributed by atoms with Crippen LogP contribution in [-0.2, 0) is 6.42 Å². The first-order chi connectivity index (χ1) is 13.6. The van der Waals surface area contributed by atoms with Gasteiger partial charge in [-0.1, -0.05) is 73.2 Å². The van der Waals surface area contributed by atoms with Crippen LogP contribution in [-0.4, -0.2) is 4.98 Å². The van der Waals surface area contributed by atoms with E-state index < -0.39 is 0 Å². The van der Waals surface area contributed by atoms with Gasteiger partial charge in [0.05, 0.1) is 0 Å². The zero-order valence-corrected chi connectivity index (χ0v) is 17.2. The van der Waals surface area contributed by atoms with Gasteiger partial charge in [-0.25, -0.2) is 0 Å². The van der Waals surface area contributed by atoms with E-state index in [0.29, 0.717) is 11.8 Å². The van der Waals surface area contributed by atoms with Gasteiger partial charge in [-0.3, -0.25) is 4.98 Å². The van der Waals surface area contributed by atoms with Crippen LogP contribution < -0.4 is 0 Å². The van der Waals surface area contributed by atoms with E-state index >= 15 is 0 Å². The van der Waals surface area contributed by atoms with Crippen LogP contribution in [0.15, 0.2) is 84.1 Å². The Bertz CT molecular complexity index is 987. The van der Waals surface area contributed by atoms with Crippen molar-refractivity contribution in [3.8, 4) is 0 Å². The highest BCUT2D eigenvalue weighted by atomic mass is 14.7. The highest BCUT2D eigenvalue weighted by Gasteiger charge is 2.28. The first-order valence-corrected chi connectivity index (χ1v) is 10.4. The third kappa shape index (κ3) is 3.67. The fourth-order valence-corrected chi connectivity index (χ4v) is 4.71. The van der Waals surface area contributed by atoms with Gasteiger partial charge in [0.1, 0.15) is 0 Å². The summed E-state index contributed by atoms with van der Waals surface area (Å²) in [6.07, 6.45) is 16.8. The maximum Gasteiger partial charge on any atom is 0.0447 e. The van der Waals surface area contributed by atoms with E-state index in [-0.39, 0.29) is 0 Å². The number of hydrogen-bond donors (Lipinski definition) is 0. The summed E-state index contributed by atoms with van der Waals surface area (Å²) in [6.45, 7) is 6.72. The Morgan fingerprint density at radius 2 is 1.93 bits per heavy atom. The van der Waals surface area contributed by atoms with Gasteiger partial charge in [-0.05, 0) is 72.9 Å².